The second-order valence-corrected chi connectivity index (χ2v) is 9.32. The van der Waals surface area contributed by atoms with Crippen molar-refractivity contribution < 1.29 is 8.42 Å². The molecule has 2 rings (SSSR count). The van der Waals surface area contributed by atoms with E-state index in [1.807, 2.05) is 11.8 Å². The number of thioether (sulfide) groups is 1. The molecular formula is C14H26O2S2. The smallest absolute Gasteiger partial charge is 0.150 e. The monoisotopic (exact) mass is 290 g/mol. The Labute approximate surface area is 116 Å². The third-order valence-corrected chi connectivity index (χ3v) is 7.54. The lowest BCUT2D eigenvalue weighted by atomic mass is 10.0. The quantitative estimate of drug-likeness (QED) is 0.743. The standard InChI is InChI=1S/C14H26O2S2/c15-18(16)9-5-8-14(12-18)11-17-10-13-6-3-1-2-4-7-13/h13-14H,1-12H2/t14-/m0/s1. The van der Waals surface area contributed by atoms with Gasteiger partial charge in [-0.15, -0.1) is 0 Å². The Morgan fingerprint density at radius 3 is 2.11 bits per heavy atom. The lowest BCUT2D eigenvalue weighted by Crippen LogP contribution is -2.26. The predicted octanol–water partition coefficient (Wildman–Crippen LogP) is 3.51. The Balaban J connectivity index is 1.65. The molecule has 106 valence electrons. The highest BCUT2D eigenvalue weighted by Gasteiger charge is 2.24. The summed E-state index contributed by atoms with van der Waals surface area (Å²) in [4.78, 5) is 0. The first-order chi connectivity index (χ1) is 8.66. The van der Waals surface area contributed by atoms with E-state index in [1.54, 1.807) is 0 Å². The van der Waals surface area contributed by atoms with Gasteiger partial charge in [-0.05, 0) is 49.0 Å². The molecule has 4 heteroatoms. The molecule has 1 aliphatic heterocycles. The third-order valence-electron chi connectivity index (χ3n) is 4.24. The van der Waals surface area contributed by atoms with Crippen LogP contribution in [0.15, 0.2) is 0 Å². The van der Waals surface area contributed by atoms with Gasteiger partial charge >= 0.3 is 0 Å². The largest absolute Gasteiger partial charge is 0.229 e. The van der Waals surface area contributed by atoms with Crippen LogP contribution in [0.1, 0.15) is 51.4 Å². The fourth-order valence-corrected chi connectivity index (χ4v) is 6.53. The number of sulfone groups is 1. The molecule has 1 saturated heterocycles. The van der Waals surface area contributed by atoms with Crippen LogP contribution >= 0.6 is 11.8 Å². The van der Waals surface area contributed by atoms with Crippen LogP contribution in [0.25, 0.3) is 0 Å². The minimum Gasteiger partial charge on any atom is -0.229 e. The zero-order chi connectivity index (χ0) is 12.8. The van der Waals surface area contributed by atoms with Crippen LogP contribution in [0.4, 0.5) is 0 Å². The van der Waals surface area contributed by atoms with E-state index in [4.69, 9.17) is 0 Å². The fraction of sp³-hybridized carbons (Fsp3) is 1.00. The van der Waals surface area contributed by atoms with Gasteiger partial charge in [0.25, 0.3) is 0 Å². The van der Waals surface area contributed by atoms with Crippen LogP contribution in [-0.4, -0.2) is 31.4 Å². The molecule has 0 bridgehead atoms. The molecule has 1 aliphatic carbocycles. The normalized spacial score (nSPS) is 29.9. The van der Waals surface area contributed by atoms with Crippen molar-refractivity contribution in [1.29, 1.82) is 0 Å². The van der Waals surface area contributed by atoms with Crippen molar-refractivity contribution in [3.05, 3.63) is 0 Å². The van der Waals surface area contributed by atoms with E-state index in [2.05, 4.69) is 0 Å². The van der Waals surface area contributed by atoms with E-state index in [9.17, 15) is 8.42 Å². The molecule has 0 N–H and O–H groups in total. The van der Waals surface area contributed by atoms with Crippen LogP contribution in [0.2, 0.25) is 0 Å². The number of hydrogen-bond acceptors (Lipinski definition) is 3. The van der Waals surface area contributed by atoms with Gasteiger partial charge in [0, 0.05) is 0 Å². The highest BCUT2D eigenvalue weighted by atomic mass is 32.2. The summed E-state index contributed by atoms with van der Waals surface area (Å²) in [5.74, 6) is 4.53. The predicted molar refractivity (Wildman–Crippen MR) is 79.9 cm³/mol. The van der Waals surface area contributed by atoms with Crippen molar-refractivity contribution in [3.63, 3.8) is 0 Å². The van der Waals surface area contributed by atoms with Crippen LogP contribution in [0.5, 0.6) is 0 Å². The van der Waals surface area contributed by atoms with Crippen molar-refractivity contribution in [3.8, 4) is 0 Å². The van der Waals surface area contributed by atoms with E-state index >= 15 is 0 Å². The first-order valence-electron chi connectivity index (χ1n) is 7.44. The van der Waals surface area contributed by atoms with Gasteiger partial charge in [0.15, 0.2) is 9.84 Å². The highest BCUT2D eigenvalue weighted by Crippen LogP contribution is 2.28. The van der Waals surface area contributed by atoms with Gasteiger partial charge in [-0.25, -0.2) is 8.42 Å². The Kier molecular flexibility index (Phi) is 5.87. The summed E-state index contributed by atoms with van der Waals surface area (Å²) < 4.78 is 23.1. The molecule has 1 atom stereocenters. The molecule has 1 heterocycles. The lowest BCUT2D eigenvalue weighted by Gasteiger charge is -2.22. The third kappa shape index (κ3) is 5.12. The minimum atomic E-state index is -2.71. The zero-order valence-electron chi connectivity index (χ0n) is 11.3. The van der Waals surface area contributed by atoms with Crippen molar-refractivity contribution in [2.45, 2.75) is 51.4 Å². The zero-order valence-corrected chi connectivity index (χ0v) is 12.9. The van der Waals surface area contributed by atoms with Crippen molar-refractivity contribution in [2.24, 2.45) is 11.8 Å². The maximum absolute atomic E-state index is 11.6. The van der Waals surface area contributed by atoms with Crippen LogP contribution in [-0.2, 0) is 9.84 Å². The summed E-state index contributed by atoms with van der Waals surface area (Å²) in [5.41, 5.74) is 0. The molecule has 0 aromatic carbocycles. The molecule has 1 saturated carbocycles. The minimum absolute atomic E-state index is 0.427. The molecule has 0 unspecified atom stereocenters. The summed E-state index contributed by atoms with van der Waals surface area (Å²) in [6.07, 6.45) is 10.5. The molecule has 0 aromatic rings. The second kappa shape index (κ2) is 7.18. The molecule has 2 aliphatic rings. The SMILES string of the molecule is O=S1(=O)CCC[C@@H](CSCC2CCCCCC2)C1. The Bertz CT molecular complexity index is 330. The van der Waals surface area contributed by atoms with E-state index in [0.717, 1.165) is 24.5 Å². The van der Waals surface area contributed by atoms with Gasteiger partial charge < -0.3 is 0 Å². The molecule has 2 nitrogen and oxygen atoms in total. The number of hydrogen-bond donors (Lipinski definition) is 0. The highest BCUT2D eigenvalue weighted by molar-refractivity contribution is 7.99. The van der Waals surface area contributed by atoms with E-state index in [1.165, 1.54) is 44.3 Å². The summed E-state index contributed by atoms with van der Waals surface area (Å²) in [6, 6.07) is 0. The van der Waals surface area contributed by atoms with Crippen molar-refractivity contribution in [1.82, 2.24) is 0 Å². The number of rotatable bonds is 4. The van der Waals surface area contributed by atoms with Crippen LogP contribution in [0, 0.1) is 11.8 Å². The van der Waals surface area contributed by atoms with Crippen molar-refractivity contribution >= 4 is 21.6 Å². The topological polar surface area (TPSA) is 34.1 Å². The molecule has 0 radical (unpaired) electrons. The average molecular weight is 290 g/mol. The first kappa shape index (κ1) is 14.7. The fourth-order valence-electron chi connectivity index (χ4n) is 3.18. The lowest BCUT2D eigenvalue weighted by molar-refractivity contribution is 0.507. The van der Waals surface area contributed by atoms with Crippen LogP contribution < -0.4 is 0 Å². The Hall–Kier alpha value is 0.300. The van der Waals surface area contributed by atoms with Crippen LogP contribution in [0.3, 0.4) is 0 Å². The van der Waals surface area contributed by atoms with Gasteiger partial charge in [0.1, 0.15) is 0 Å². The molecule has 2 fully saturated rings. The van der Waals surface area contributed by atoms with Gasteiger partial charge in [0.2, 0.25) is 0 Å². The Morgan fingerprint density at radius 1 is 0.833 bits per heavy atom. The van der Waals surface area contributed by atoms with Crippen molar-refractivity contribution in [2.75, 3.05) is 23.0 Å². The second-order valence-electron chi connectivity index (χ2n) is 6.02. The summed E-state index contributed by atoms with van der Waals surface area (Å²) in [6.45, 7) is 0. The summed E-state index contributed by atoms with van der Waals surface area (Å²) in [7, 11) is -2.71. The molecular weight excluding hydrogens is 264 g/mol. The summed E-state index contributed by atoms with van der Waals surface area (Å²) in [5, 5.41) is 0. The van der Waals surface area contributed by atoms with E-state index in [0.29, 0.717) is 17.4 Å². The average Bonchev–Trinajstić information content (AvgIpc) is 2.56. The first-order valence-corrected chi connectivity index (χ1v) is 10.4. The Morgan fingerprint density at radius 2 is 1.44 bits per heavy atom. The molecule has 18 heavy (non-hydrogen) atoms. The molecule has 0 spiro atoms. The van der Waals surface area contributed by atoms with Gasteiger partial charge in [-0.2, -0.15) is 11.8 Å². The van der Waals surface area contributed by atoms with Gasteiger partial charge in [0.05, 0.1) is 11.5 Å². The van der Waals surface area contributed by atoms with Gasteiger partial charge in [-0.1, -0.05) is 25.7 Å². The summed E-state index contributed by atoms with van der Waals surface area (Å²) >= 11 is 2.01. The van der Waals surface area contributed by atoms with E-state index < -0.39 is 9.84 Å². The van der Waals surface area contributed by atoms with E-state index in [-0.39, 0.29) is 0 Å². The maximum Gasteiger partial charge on any atom is 0.150 e. The van der Waals surface area contributed by atoms with Gasteiger partial charge in [-0.3, -0.25) is 0 Å². The molecule has 0 aromatic heterocycles. The molecule has 0 amide bonds. The maximum atomic E-state index is 11.6.